The normalized spacial score (nSPS) is 28.2. The molecule has 3 atom stereocenters. The molecule has 0 aromatic rings. The lowest BCUT2D eigenvalue weighted by Gasteiger charge is -2.36. The van der Waals surface area contributed by atoms with Gasteiger partial charge in [-0.05, 0) is 37.0 Å². The van der Waals surface area contributed by atoms with Crippen molar-refractivity contribution in [3.05, 3.63) is 0 Å². The topological polar surface area (TPSA) is 38.3 Å². The summed E-state index contributed by atoms with van der Waals surface area (Å²) in [6, 6.07) is 0. The Morgan fingerprint density at radius 1 is 1.39 bits per heavy atom. The van der Waals surface area contributed by atoms with Crippen LogP contribution in [0.1, 0.15) is 59.8 Å². The molecule has 0 aromatic heterocycles. The summed E-state index contributed by atoms with van der Waals surface area (Å²) in [5, 5.41) is 2.84. The van der Waals surface area contributed by atoms with Gasteiger partial charge in [0.2, 0.25) is 0 Å². The molecule has 0 aliphatic heterocycles. The van der Waals surface area contributed by atoms with Crippen molar-refractivity contribution in [3.8, 4) is 0 Å². The van der Waals surface area contributed by atoms with Crippen molar-refractivity contribution in [2.45, 2.75) is 65.9 Å². The van der Waals surface area contributed by atoms with Crippen molar-refractivity contribution in [2.24, 2.45) is 17.8 Å². The Kier molecular flexibility index (Phi) is 6.51. The third kappa shape index (κ3) is 4.87. The van der Waals surface area contributed by atoms with Crippen LogP contribution in [0.15, 0.2) is 0 Å². The van der Waals surface area contributed by atoms with E-state index in [2.05, 4.69) is 33.0 Å². The van der Waals surface area contributed by atoms with Gasteiger partial charge in [0, 0.05) is 6.54 Å². The van der Waals surface area contributed by atoms with Crippen molar-refractivity contribution < 1.29 is 9.53 Å². The highest BCUT2D eigenvalue weighted by Crippen LogP contribution is 2.35. The molecule has 3 heteroatoms. The fourth-order valence-electron chi connectivity index (χ4n) is 2.80. The molecular formula is C15H29NO2. The van der Waals surface area contributed by atoms with Crippen LogP contribution in [-0.2, 0) is 4.74 Å². The van der Waals surface area contributed by atoms with Crippen molar-refractivity contribution in [1.29, 1.82) is 0 Å². The average molecular weight is 255 g/mol. The number of nitrogens with one attached hydrogen (secondary N) is 1. The zero-order valence-electron chi connectivity index (χ0n) is 12.4. The third-order valence-corrected chi connectivity index (χ3v) is 4.02. The molecule has 1 aliphatic rings. The van der Waals surface area contributed by atoms with Gasteiger partial charge in [-0.25, -0.2) is 4.79 Å². The van der Waals surface area contributed by atoms with Crippen LogP contribution in [0.4, 0.5) is 4.79 Å². The number of ether oxygens (including phenoxy) is 1. The molecule has 106 valence electrons. The van der Waals surface area contributed by atoms with Gasteiger partial charge in [-0.2, -0.15) is 0 Å². The molecule has 18 heavy (non-hydrogen) atoms. The molecule has 1 saturated carbocycles. The maximum atomic E-state index is 11.7. The van der Waals surface area contributed by atoms with E-state index >= 15 is 0 Å². The van der Waals surface area contributed by atoms with E-state index in [-0.39, 0.29) is 12.2 Å². The number of carbonyl (C=O) groups is 1. The summed E-state index contributed by atoms with van der Waals surface area (Å²) in [6.45, 7) is 9.55. The molecule has 0 heterocycles. The highest BCUT2D eigenvalue weighted by Gasteiger charge is 2.33. The summed E-state index contributed by atoms with van der Waals surface area (Å²) in [6.07, 6.45) is 5.46. The molecular weight excluding hydrogens is 226 g/mol. The monoisotopic (exact) mass is 255 g/mol. The largest absolute Gasteiger partial charge is 0.446 e. The highest BCUT2D eigenvalue weighted by atomic mass is 16.6. The molecule has 1 N–H and O–H groups in total. The third-order valence-electron chi connectivity index (χ3n) is 4.02. The van der Waals surface area contributed by atoms with Gasteiger partial charge in [0.25, 0.3) is 0 Å². The van der Waals surface area contributed by atoms with Crippen LogP contribution in [0.5, 0.6) is 0 Å². The molecule has 1 amide bonds. The van der Waals surface area contributed by atoms with E-state index in [0.29, 0.717) is 17.8 Å². The molecule has 1 aliphatic carbocycles. The summed E-state index contributed by atoms with van der Waals surface area (Å²) < 4.78 is 5.63. The van der Waals surface area contributed by atoms with Crippen LogP contribution in [0, 0.1) is 17.8 Å². The lowest BCUT2D eigenvalue weighted by atomic mass is 9.75. The Labute approximate surface area is 112 Å². The van der Waals surface area contributed by atoms with Crippen molar-refractivity contribution in [1.82, 2.24) is 5.32 Å². The Morgan fingerprint density at radius 3 is 2.72 bits per heavy atom. The van der Waals surface area contributed by atoms with Crippen molar-refractivity contribution in [2.75, 3.05) is 6.54 Å². The Hall–Kier alpha value is -0.730. The standard InChI is InChI=1S/C15H29NO2/c1-5-6-9-16-15(17)18-14-10-12(4)7-8-13(14)11(2)3/h11-14H,5-10H2,1-4H3,(H,16,17)/t12-,13+,14-/m1/s1. The molecule has 1 fully saturated rings. The SMILES string of the molecule is CCCCNC(=O)O[C@@H]1C[C@H](C)CC[C@H]1C(C)C. The predicted octanol–water partition coefficient (Wildman–Crippen LogP) is 3.97. The van der Waals surface area contributed by atoms with Gasteiger partial charge in [-0.15, -0.1) is 0 Å². The van der Waals surface area contributed by atoms with E-state index in [1.807, 2.05) is 0 Å². The van der Waals surface area contributed by atoms with E-state index in [1.54, 1.807) is 0 Å². The molecule has 3 nitrogen and oxygen atoms in total. The lowest BCUT2D eigenvalue weighted by molar-refractivity contribution is 0.00624. The highest BCUT2D eigenvalue weighted by molar-refractivity contribution is 5.67. The van der Waals surface area contributed by atoms with Crippen LogP contribution in [0.3, 0.4) is 0 Å². The van der Waals surface area contributed by atoms with Gasteiger partial charge in [0.05, 0.1) is 0 Å². The van der Waals surface area contributed by atoms with Crippen LogP contribution >= 0.6 is 0 Å². The minimum atomic E-state index is -0.229. The second-order valence-corrected chi connectivity index (χ2v) is 6.05. The van der Waals surface area contributed by atoms with E-state index in [4.69, 9.17) is 4.74 Å². The second kappa shape index (κ2) is 7.65. The number of alkyl carbamates (subject to hydrolysis) is 1. The summed E-state index contributed by atoms with van der Waals surface area (Å²) in [4.78, 5) is 11.7. The first-order chi connectivity index (χ1) is 8.54. The first kappa shape index (κ1) is 15.3. The maximum Gasteiger partial charge on any atom is 0.407 e. The Balaban J connectivity index is 2.42. The van der Waals surface area contributed by atoms with Gasteiger partial charge in [0.1, 0.15) is 6.10 Å². The van der Waals surface area contributed by atoms with E-state index < -0.39 is 0 Å². The number of carbonyl (C=O) groups excluding carboxylic acids is 1. The number of unbranched alkanes of at least 4 members (excludes halogenated alkanes) is 1. The van der Waals surface area contributed by atoms with Crippen LogP contribution < -0.4 is 5.32 Å². The smallest absolute Gasteiger partial charge is 0.407 e. The Morgan fingerprint density at radius 2 is 2.11 bits per heavy atom. The van der Waals surface area contributed by atoms with Crippen molar-refractivity contribution >= 4 is 6.09 Å². The fraction of sp³-hybridized carbons (Fsp3) is 0.933. The molecule has 0 saturated heterocycles. The van der Waals surface area contributed by atoms with Gasteiger partial charge in [-0.1, -0.05) is 40.5 Å². The number of hydrogen-bond donors (Lipinski definition) is 1. The molecule has 0 radical (unpaired) electrons. The summed E-state index contributed by atoms with van der Waals surface area (Å²) in [7, 11) is 0. The van der Waals surface area contributed by atoms with E-state index in [9.17, 15) is 4.79 Å². The number of hydrogen-bond acceptors (Lipinski definition) is 2. The first-order valence-electron chi connectivity index (χ1n) is 7.49. The lowest BCUT2D eigenvalue weighted by Crippen LogP contribution is -2.39. The van der Waals surface area contributed by atoms with Crippen LogP contribution in [-0.4, -0.2) is 18.7 Å². The number of rotatable bonds is 5. The van der Waals surface area contributed by atoms with Gasteiger partial charge < -0.3 is 10.1 Å². The molecule has 1 rings (SSSR count). The number of amides is 1. The Bertz CT molecular complexity index is 253. The first-order valence-corrected chi connectivity index (χ1v) is 7.49. The summed E-state index contributed by atoms with van der Waals surface area (Å²) in [5.41, 5.74) is 0. The van der Waals surface area contributed by atoms with Crippen LogP contribution in [0.2, 0.25) is 0 Å². The maximum absolute atomic E-state index is 11.7. The summed E-state index contributed by atoms with van der Waals surface area (Å²) in [5.74, 6) is 1.79. The van der Waals surface area contributed by atoms with Gasteiger partial charge in [-0.3, -0.25) is 0 Å². The van der Waals surface area contributed by atoms with Crippen LogP contribution in [0.25, 0.3) is 0 Å². The molecule has 0 unspecified atom stereocenters. The van der Waals surface area contributed by atoms with Gasteiger partial charge in [0.15, 0.2) is 0 Å². The van der Waals surface area contributed by atoms with E-state index in [0.717, 1.165) is 25.8 Å². The van der Waals surface area contributed by atoms with Gasteiger partial charge >= 0.3 is 6.09 Å². The average Bonchev–Trinajstić information content (AvgIpc) is 2.29. The quantitative estimate of drug-likeness (QED) is 0.755. The predicted molar refractivity (Wildman–Crippen MR) is 74.5 cm³/mol. The van der Waals surface area contributed by atoms with E-state index in [1.165, 1.54) is 12.8 Å². The summed E-state index contributed by atoms with van der Waals surface area (Å²) >= 11 is 0. The van der Waals surface area contributed by atoms with Crippen molar-refractivity contribution in [3.63, 3.8) is 0 Å². The minimum Gasteiger partial charge on any atom is -0.446 e. The molecule has 0 aromatic carbocycles. The zero-order chi connectivity index (χ0) is 13.5. The molecule has 0 spiro atoms. The molecule has 0 bridgehead atoms. The minimum absolute atomic E-state index is 0.107. The fourth-order valence-corrected chi connectivity index (χ4v) is 2.80. The second-order valence-electron chi connectivity index (χ2n) is 6.05. The zero-order valence-corrected chi connectivity index (χ0v) is 12.4.